The summed E-state index contributed by atoms with van der Waals surface area (Å²) in [5.41, 5.74) is 8.63. The summed E-state index contributed by atoms with van der Waals surface area (Å²) in [6.45, 7) is 2.33. The minimum atomic E-state index is 0.719. The van der Waals surface area contributed by atoms with E-state index in [0.29, 0.717) is 0 Å². The Kier molecular flexibility index (Phi) is 4.10. The number of fused-ring (bicyclic) bond motifs is 3. The van der Waals surface area contributed by atoms with Crippen molar-refractivity contribution in [2.24, 2.45) is 5.92 Å². The van der Waals surface area contributed by atoms with E-state index < -0.39 is 0 Å². The molecule has 0 bridgehead atoms. The summed E-state index contributed by atoms with van der Waals surface area (Å²) in [7, 11) is 0. The molecule has 0 aromatic heterocycles. The molecule has 1 heterocycles. The first-order valence-corrected chi connectivity index (χ1v) is 9.88. The lowest BCUT2D eigenvalue weighted by molar-refractivity contribution is 0.444. The van der Waals surface area contributed by atoms with Gasteiger partial charge in [0.1, 0.15) is 0 Å². The Morgan fingerprint density at radius 2 is 1.46 bits per heavy atom. The molecule has 1 aliphatic heterocycles. The summed E-state index contributed by atoms with van der Waals surface area (Å²) in [5.74, 6) is 1.54. The summed E-state index contributed by atoms with van der Waals surface area (Å²) in [5, 5.41) is 3.60. The predicted octanol–water partition coefficient (Wildman–Crippen LogP) is 5.66. The summed E-state index contributed by atoms with van der Waals surface area (Å²) < 4.78 is 0. The lowest BCUT2D eigenvalue weighted by atomic mass is 9.84. The van der Waals surface area contributed by atoms with Gasteiger partial charge < -0.3 is 5.32 Å². The van der Waals surface area contributed by atoms with Crippen LogP contribution in [0.2, 0.25) is 0 Å². The van der Waals surface area contributed by atoms with Crippen molar-refractivity contribution in [3.8, 4) is 22.3 Å². The molecular weight excluding hydrogens is 314 g/mol. The second kappa shape index (κ2) is 6.74. The summed E-state index contributed by atoms with van der Waals surface area (Å²) in [6.07, 6.45) is 3.84. The van der Waals surface area contributed by atoms with E-state index in [1.807, 2.05) is 0 Å². The van der Waals surface area contributed by atoms with Gasteiger partial charge in [-0.3, -0.25) is 0 Å². The van der Waals surface area contributed by atoms with Crippen LogP contribution in [0.3, 0.4) is 0 Å². The molecule has 1 N–H and O–H groups in total. The zero-order valence-corrected chi connectivity index (χ0v) is 15.1. The topological polar surface area (TPSA) is 12.0 Å². The Balaban J connectivity index is 1.60. The SMILES string of the molecule is c1ccc(-c2cccc(-c3cccc4c3C3CCNCCC3C4)c2)cc1. The van der Waals surface area contributed by atoms with Crippen LogP contribution in [0.25, 0.3) is 22.3 Å². The molecule has 0 saturated carbocycles. The first-order valence-electron chi connectivity index (χ1n) is 9.88. The third-order valence-corrected chi connectivity index (χ3v) is 6.22. The highest BCUT2D eigenvalue weighted by Crippen LogP contribution is 2.47. The molecule has 2 atom stereocenters. The second-order valence-electron chi connectivity index (χ2n) is 7.72. The number of benzene rings is 3. The minimum absolute atomic E-state index is 0.719. The number of rotatable bonds is 2. The van der Waals surface area contributed by atoms with Gasteiger partial charge in [-0.15, -0.1) is 0 Å². The quantitative estimate of drug-likeness (QED) is 0.635. The van der Waals surface area contributed by atoms with Crippen molar-refractivity contribution in [1.82, 2.24) is 5.32 Å². The molecule has 0 radical (unpaired) electrons. The van der Waals surface area contributed by atoms with Crippen molar-refractivity contribution in [1.29, 1.82) is 0 Å². The molecule has 0 spiro atoms. The zero-order chi connectivity index (χ0) is 17.3. The van der Waals surface area contributed by atoms with Gasteiger partial charge in [-0.2, -0.15) is 0 Å². The van der Waals surface area contributed by atoms with Crippen LogP contribution in [0, 0.1) is 5.92 Å². The molecule has 0 amide bonds. The van der Waals surface area contributed by atoms with E-state index in [0.717, 1.165) is 18.4 Å². The van der Waals surface area contributed by atoms with E-state index in [-0.39, 0.29) is 0 Å². The number of nitrogens with one attached hydrogen (secondary N) is 1. The minimum Gasteiger partial charge on any atom is -0.317 e. The summed E-state index contributed by atoms with van der Waals surface area (Å²) in [6, 6.07) is 26.7. The molecular formula is C25H25N. The van der Waals surface area contributed by atoms with E-state index in [4.69, 9.17) is 0 Å². The predicted molar refractivity (Wildman–Crippen MR) is 109 cm³/mol. The molecule has 5 rings (SSSR count). The maximum Gasteiger partial charge on any atom is -0.00430 e. The van der Waals surface area contributed by atoms with Crippen molar-refractivity contribution >= 4 is 0 Å². The van der Waals surface area contributed by atoms with Crippen molar-refractivity contribution in [3.05, 3.63) is 83.9 Å². The Hall–Kier alpha value is -2.38. The number of hydrogen-bond donors (Lipinski definition) is 1. The molecule has 1 fully saturated rings. The Bertz CT molecular complexity index is 912. The van der Waals surface area contributed by atoms with Crippen LogP contribution in [-0.4, -0.2) is 13.1 Å². The van der Waals surface area contributed by atoms with Crippen LogP contribution >= 0.6 is 0 Å². The van der Waals surface area contributed by atoms with E-state index in [2.05, 4.69) is 78.1 Å². The maximum absolute atomic E-state index is 3.60. The molecule has 2 aliphatic rings. The first kappa shape index (κ1) is 15.8. The molecule has 1 saturated heterocycles. The van der Waals surface area contributed by atoms with Gasteiger partial charge in [-0.05, 0) is 83.6 Å². The van der Waals surface area contributed by atoms with Crippen LogP contribution in [0.4, 0.5) is 0 Å². The van der Waals surface area contributed by atoms with Gasteiger partial charge in [-0.25, -0.2) is 0 Å². The van der Waals surface area contributed by atoms with Gasteiger partial charge in [0.25, 0.3) is 0 Å². The average Bonchev–Trinajstić information content (AvgIpc) is 2.90. The molecule has 3 aromatic carbocycles. The highest BCUT2D eigenvalue weighted by atomic mass is 14.9. The van der Waals surface area contributed by atoms with Gasteiger partial charge in [0, 0.05) is 0 Å². The zero-order valence-electron chi connectivity index (χ0n) is 15.1. The monoisotopic (exact) mass is 339 g/mol. The lowest BCUT2D eigenvalue weighted by Gasteiger charge is -2.19. The van der Waals surface area contributed by atoms with Crippen LogP contribution < -0.4 is 5.32 Å². The van der Waals surface area contributed by atoms with Crippen LogP contribution in [0.1, 0.15) is 29.9 Å². The smallest absolute Gasteiger partial charge is 0.00430 e. The third-order valence-electron chi connectivity index (χ3n) is 6.22. The Morgan fingerprint density at radius 1 is 0.692 bits per heavy atom. The fourth-order valence-electron chi connectivity index (χ4n) is 4.99. The van der Waals surface area contributed by atoms with Crippen LogP contribution in [0.15, 0.2) is 72.8 Å². The van der Waals surface area contributed by atoms with Gasteiger partial charge >= 0.3 is 0 Å². The molecule has 1 nitrogen and oxygen atoms in total. The highest BCUT2D eigenvalue weighted by molar-refractivity contribution is 5.76. The van der Waals surface area contributed by atoms with Gasteiger partial charge in [0.15, 0.2) is 0 Å². The molecule has 3 aromatic rings. The van der Waals surface area contributed by atoms with E-state index in [1.165, 1.54) is 48.1 Å². The average molecular weight is 339 g/mol. The van der Waals surface area contributed by atoms with Crippen molar-refractivity contribution < 1.29 is 0 Å². The van der Waals surface area contributed by atoms with Crippen molar-refractivity contribution in [2.45, 2.75) is 25.2 Å². The normalized spacial score (nSPS) is 21.7. The summed E-state index contributed by atoms with van der Waals surface area (Å²) >= 11 is 0. The Labute approximate surface area is 156 Å². The molecule has 2 unspecified atom stereocenters. The fourth-order valence-corrected chi connectivity index (χ4v) is 4.99. The van der Waals surface area contributed by atoms with Gasteiger partial charge in [0.2, 0.25) is 0 Å². The Morgan fingerprint density at radius 3 is 2.38 bits per heavy atom. The second-order valence-corrected chi connectivity index (χ2v) is 7.72. The van der Waals surface area contributed by atoms with E-state index in [1.54, 1.807) is 11.1 Å². The van der Waals surface area contributed by atoms with E-state index in [9.17, 15) is 0 Å². The molecule has 1 aliphatic carbocycles. The molecule has 26 heavy (non-hydrogen) atoms. The first-order chi connectivity index (χ1) is 12.9. The molecule has 130 valence electrons. The van der Waals surface area contributed by atoms with E-state index >= 15 is 0 Å². The fraction of sp³-hybridized carbons (Fsp3) is 0.280. The van der Waals surface area contributed by atoms with Crippen molar-refractivity contribution in [2.75, 3.05) is 13.1 Å². The third kappa shape index (κ3) is 2.77. The maximum atomic E-state index is 3.60. The number of hydrogen-bond acceptors (Lipinski definition) is 1. The molecule has 1 heteroatoms. The van der Waals surface area contributed by atoms with Crippen LogP contribution in [-0.2, 0) is 6.42 Å². The lowest BCUT2D eigenvalue weighted by Crippen LogP contribution is -2.14. The van der Waals surface area contributed by atoms with Crippen LogP contribution in [0.5, 0.6) is 0 Å². The highest BCUT2D eigenvalue weighted by Gasteiger charge is 2.34. The standard InChI is InChI=1S/C25H25N/c1-2-6-18(7-3-1)19-8-4-9-20(16-19)23-11-5-10-22-17-21-12-14-26-15-13-24(21)25(22)23/h1-11,16,21,24,26H,12-15,17H2. The summed E-state index contributed by atoms with van der Waals surface area (Å²) in [4.78, 5) is 0. The van der Waals surface area contributed by atoms with Crippen molar-refractivity contribution in [3.63, 3.8) is 0 Å². The van der Waals surface area contributed by atoms with Gasteiger partial charge in [0.05, 0.1) is 0 Å². The van der Waals surface area contributed by atoms with Gasteiger partial charge in [-0.1, -0.05) is 66.7 Å². The largest absolute Gasteiger partial charge is 0.317 e.